The fourth-order valence-corrected chi connectivity index (χ4v) is 2.27. The fourth-order valence-electron chi connectivity index (χ4n) is 2.27. The molecule has 1 aliphatic heterocycles. The maximum absolute atomic E-state index is 5.33. The molecule has 0 unspecified atom stereocenters. The molecule has 0 aromatic carbocycles. The van der Waals surface area contributed by atoms with Crippen molar-refractivity contribution in [3.05, 3.63) is 0 Å². The third kappa shape index (κ3) is 1.70. The molecule has 14 heavy (non-hydrogen) atoms. The number of hydrogen-bond donors (Lipinski definition) is 0. The zero-order valence-electron chi connectivity index (χ0n) is 9.92. The van der Waals surface area contributed by atoms with Crippen molar-refractivity contribution in [3.8, 4) is 0 Å². The van der Waals surface area contributed by atoms with Crippen LogP contribution in [0.1, 0.15) is 40.5 Å². The van der Waals surface area contributed by atoms with Crippen molar-refractivity contribution in [2.45, 2.75) is 58.2 Å². The van der Waals surface area contributed by atoms with Gasteiger partial charge in [0.25, 0.3) is 0 Å². The van der Waals surface area contributed by atoms with Crippen LogP contribution in [0.5, 0.6) is 0 Å². The van der Waals surface area contributed by atoms with Gasteiger partial charge in [0, 0.05) is 11.6 Å². The molecule has 0 amide bonds. The number of rotatable bonds is 4. The molecule has 0 radical (unpaired) electrons. The average molecular weight is 197 g/mol. The zero-order valence-corrected chi connectivity index (χ0v) is 9.92. The van der Waals surface area contributed by atoms with E-state index in [1.54, 1.807) is 0 Å². The summed E-state index contributed by atoms with van der Waals surface area (Å²) in [7, 11) is 0. The lowest BCUT2D eigenvalue weighted by Gasteiger charge is -2.49. The van der Waals surface area contributed by atoms with E-state index in [0.29, 0.717) is 17.5 Å². The van der Waals surface area contributed by atoms with Crippen molar-refractivity contribution >= 4 is 0 Å². The Bertz CT molecular complexity index is 204. The molecule has 1 saturated carbocycles. The molecular weight excluding hydrogens is 174 g/mol. The summed E-state index contributed by atoms with van der Waals surface area (Å²) in [4.78, 5) is 2.72. The molecule has 0 atom stereocenters. The van der Waals surface area contributed by atoms with Crippen molar-refractivity contribution in [1.82, 2.24) is 4.90 Å². The van der Waals surface area contributed by atoms with E-state index in [1.165, 1.54) is 12.8 Å². The molecule has 2 fully saturated rings. The molecule has 1 saturated heterocycles. The maximum atomic E-state index is 5.33. The van der Waals surface area contributed by atoms with E-state index < -0.39 is 0 Å². The molecule has 2 rings (SSSR count). The van der Waals surface area contributed by atoms with Gasteiger partial charge >= 0.3 is 0 Å². The minimum atomic E-state index is 0.329. The summed E-state index contributed by atoms with van der Waals surface area (Å²) < 4.78 is 5.33. The summed E-state index contributed by atoms with van der Waals surface area (Å²) in [6, 6.07) is 1.54. The Balaban J connectivity index is 2.08. The van der Waals surface area contributed by atoms with Crippen LogP contribution in [-0.4, -0.2) is 35.7 Å². The Morgan fingerprint density at radius 3 is 2.00 bits per heavy atom. The van der Waals surface area contributed by atoms with Gasteiger partial charge in [0.1, 0.15) is 0 Å². The second kappa shape index (κ2) is 3.49. The average Bonchev–Trinajstić information content (AvgIpc) is 2.77. The van der Waals surface area contributed by atoms with Crippen LogP contribution in [0.2, 0.25) is 0 Å². The minimum absolute atomic E-state index is 0.329. The molecule has 2 aliphatic rings. The first-order valence-electron chi connectivity index (χ1n) is 5.89. The second-order valence-corrected chi connectivity index (χ2v) is 5.64. The van der Waals surface area contributed by atoms with Crippen molar-refractivity contribution in [3.63, 3.8) is 0 Å². The monoisotopic (exact) mass is 197 g/mol. The molecule has 0 aromatic heterocycles. The molecule has 2 nitrogen and oxygen atoms in total. The van der Waals surface area contributed by atoms with Crippen molar-refractivity contribution in [2.75, 3.05) is 13.2 Å². The summed E-state index contributed by atoms with van der Waals surface area (Å²) in [5.41, 5.74) is 0.329. The van der Waals surface area contributed by atoms with Gasteiger partial charge in [0.15, 0.2) is 0 Å². The van der Waals surface area contributed by atoms with Crippen molar-refractivity contribution in [2.24, 2.45) is 5.92 Å². The number of ether oxygens (including phenoxy) is 1. The van der Waals surface area contributed by atoms with E-state index in [2.05, 4.69) is 32.6 Å². The van der Waals surface area contributed by atoms with E-state index in [1.807, 2.05) is 0 Å². The van der Waals surface area contributed by atoms with Crippen LogP contribution >= 0.6 is 0 Å². The smallest absolute Gasteiger partial charge is 0.0645 e. The van der Waals surface area contributed by atoms with Crippen LogP contribution < -0.4 is 0 Å². The summed E-state index contributed by atoms with van der Waals surface area (Å²) in [5.74, 6) is 0.712. The first kappa shape index (κ1) is 10.4. The van der Waals surface area contributed by atoms with Gasteiger partial charge < -0.3 is 4.74 Å². The molecule has 2 heteroatoms. The zero-order chi connectivity index (χ0) is 10.3. The van der Waals surface area contributed by atoms with Crippen LogP contribution in [0.3, 0.4) is 0 Å². The highest BCUT2D eigenvalue weighted by atomic mass is 16.5. The van der Waals surface area contributed by atoms with Crippen molar-refractivity contribution < 1.29 is 4.74 Å². The summed E-state index contributed by atoms with van der Waals surface area (Å²) in [5, 5.41) is 0. The van der Waals surface area contributed by atoms with E-state index in [9.17, 15) is 0 Å². The predicted octanol–water partition coefficient (Wildman–Crippen LogP) is 2.28. The normalized spacial score (nSPS) is 24.4. The quantitative estimate of drug-likeness (QED) is 0.685. The van der Waals surface area contributed by atoms with Gasteiger partial charge in [-0.25, -0.2) is 0 Å². The second-order valence-electron chi connectivity index (χ2n) is 5.64. The van der Waals surface area contributed by atoms with Gasteiger partial charge in [-0.3, -0.25) is 4.90 Å². The fraction of sp³-hybridized carbons (Fsp3) is 1.00. The Morgan fingerprint density at radius 2 is 1.71 bits per heavy atom. The van der Waals surface area contributed by atoms with Gasteiger partial charge in [-0.05, 0) is 32.6 Å². The van der Waals surface area contributed by atoms with E-state index >= 15 is 0 Å². The summed E-state index contributed by atoms with van der Waals surface area (Å²) in [6.45, 7) is 11.3. The predicted molar refractivity (Wildman–Crippen MR) is 58.4 cm³/mol. The highest BCUT2D eigenvalue weighted by molar-refractivity contribution is 5.00. The molecule has 0 spiro atoms. The van der Waals surface area contributed by atoms with Crippen LogP contribution in [0, 0.1) is 5.92 Å². The SMILES string of the molecule is CC(C)C(C)(C)N(C1CC1)C1COC1. The van der Waals surface area contributed by atoms with E-state index in [0.717, 1.165) is 19.3 Å². The summed E-state index contributed by atoms with van der Waals surface area (Å²) in [6.07, 6.45) is 2.79. The Hall–Kier alpha value is -0.0800. The third-order valence-corrected chi connectivity index (χ3v) is 4.03. The largest absolute Gasteiger partial charge is 0.378 e. The van der Waals surface area contributed by atoms with Gasteiger partial charge in [-0.1, -0.05) is 13.8 Å². The van der Waals surface area contributed by atoms with Crippen LogP contribution in [0.25, 0.3) is 0 Å². The number of nitrogens with zero attached hydrogens (tertiary/aromatic N) is 1. The lowest BCUT2D eigenvalue weighted by Crippen LogP contribution is -2.60. The maximum Gasteiger partial charge on any atom is 0.0645 e. The van der Waals surface area contributed by atoms with E-state index in [4.69, 9.17) is 4.74 Å². The van der Waals surface area contributed by atoms with Gasteiger partial charge in [0.2, 0.25) is 0 Å². The Morgan fingerprint density at radius 1 is 1.14 bits per heavy atom. The highest BCUT2D eigenvalue weighted by Gasteiger charge is 2.45. The van der Waals surface area contributed by atoms with Crippen molar-refractivity contribution in [1.29, 1.82) is 0 Å². The Labute approximate surface area is 87.6 Å². The highest BCUT2D eigenvalue weighted by Crippen LogP contribution is 2.39. The van der Waals surface area contributed by atoms with Gasteiger partial charge in [-0.15, -0.1) is 0 Å². The molecule has 0 bridgehead atoms. The topological polar surface area (TPSA) is 12.5 Å². The van der Waals surface area contributed by atoms with E-state index in [-0.39, 0.29) is 0 Å². The van der Waals surface area contributed by atoms with Crippen LogP contribution in [0.4, 0.5) is 0 Å². The lowest BCUT2D eigenvalue weighted by molar-refractivity contribution is -0.111. The minimum Gasteiger partial charge on any atom is -0.378 e. The molecular formula is C12H23NO. The third-order valence-electron chi connectivity index (χ3n) is 4.03. The van der Waals surface area contributed by atoms with Gasteiger partial charge in [-0.2, -0.15) is 0 Å². The standard InChI is InChI=1S/C12H23NO/c1-9(2)12(3,4)13(10-5-6-10)11-7-14-8-11/h9-11H,5-8H2,1-4H3. The molecule has 1 heterocycles. The first-order chi connectivity index (χ1) is 6.53. The molecule has 1 aliphatic carbocycles. The number of hydrogen-bond acceptors (Lipinski definition) is 2. The van der Waals surface area contributed by atoms with Crippen LogP contribution in [0.15, 0.2) is 0 Å². The molecule has 82 valence electrons. The summed E-state index contributed by atoms with van der Waals surface area (Å²) >= 11 is 0. The van der Waals surface area contributed by atoms with Gasteiger partial charge in [0.05, 0.1) is 19.3 Å². The molecule has 0 N–H and O–H groups in total. The Kier molecular flexibility index (Phi) is 2.61. The first-order valence-corrected chi connectivity index (χ1v) is 5.89. The van der Waals surface area contributed by atoms with Crippen LogP contribution in [-0.2, 0) is 4.74 Å². The molecule has 0 aromatic rings. The lowest BCUT2D eigenvalue weighted by atomic mass is 9.86.